The summed E-state index contributed by atoms with van der Waals surface area (Å²) < 4.78 is 24.0. The number of nitrogens with one attached hydrogen (secondary N) is 1. The van der Waals surface area contributed by atoms with Crippen molar-refractivity contribution >= 4 is 5.91 Å². The Kier molecular flexibility index (Phi) is 5.93. The van der Waals surface area contributed by atoms with E-state index in [4.69, 9.17) is 9.47 Å². The summed E-state index contributed by atoms with van der Waals surface area (Å²) in [7, 11) is 1.51. The minimum atomic E-state index is -1.21. The average Bonchev–Trinajstić information content (AvgIpc) is 2.67. The molecule has 1 aliphatic carbocycles. The standard InChI is InChI=1S/C20H22FNO5/c1-26-14-6-2-4-12(10-14)20(25)22-16-8-9-17(19(24)18(16)23)27-15-7-3-5-13(21)11-15/h2-7,10-11,16-19,23-24H,8-9H2,1H3,(H,22,25)/t16-,17-,18+,19+/m1/s1. The molecule has 2 aromatic carbocycles. The molecule has 0 radical (unpaired) electrons. The van der Waals surface area contributed by atoms with Gasteiger partial charge in [0.15, 0.2) is 0 Å². The van der Waals surface area contributed by atoms with Gasteiger partial charge in [-0.2, -0.15) is 0 Å². The number of methoxy groups -OCH3 is 1. The lowest BCUT2D eigenvalue weighted by Crippen LogP contribution is -2.57. The van der Waals surface area contributed by atoms with Crippen molar-refractivity contribution in [2.75, 3.05) is 7.11 Å². The quantitative estimate of drug-likeness (QED) is 0.743. The fraction of sp³-hybridized carbons (Fsp3) is 0.350. The van der Waals surface area contributed by atoms with E-state index in [-0.39, 0.29) is 11.7 Å². The van der Waals surface area contributed by atoms with E-state index in [0.717, 1.165) is 0 Å². The van der Waals surface area contributed by atoms with Crippen LogP contribution >= 0.6 is 0 Å². The molecule has 6 nitrogen and oxygen atoms in total. The first kappa shape index (κ1) is 19.1. The third-order valence-corrected chi connectivity index (χ3v) is 4.64. The first-order valence-electron chi connectivity index (χ1n) is 8.71. The molecule has 27 heavy (non-hydrogen) atoms. The van der Waals surface area contributed by atoms with Crippen molar-refractivity contribution in [3.8, 4) is 11.5 Å². The van der Waals surface area contributed by atoms with Gasteiger partial charge in [0.25, 0.3) is 5.91 Å². The van der Waals surface area contributed by atoms with Crippen molar-refractivity contribution < 1.29 is 28.9 Å². The number of ether oxygens (including phenoxy) is 2. The molecule has 1 fully saturated rings. The zero-order chi connectivity index (χ0) is 19.4. The summed E-state index contributed by atoms with van der Waals surface area (Å²) in [6.45, 7) is 0. The van der Waals surface area contributed by atoms with Gasteiger partial charge in [0.1, 0.15) is 35.6 Å². The van der Waals surface area contributed by atoms with Crippen LogP contribution in [0, 0.1) is 5.82 Å². The van der Waals surface area contributed by atoms with Crippen LogP contribution in [0.1, 0.15) is 23.2 Å². The molecule has 0 spiro atoms. The van der Waals surface area contributed by atoms with Crippen LogP contribution in [0.5, 0.6) is 11.5 Å². The molecule has 0 aromatic heterocycles. The second-order valence-corrected chi connectivity index (χ2v) is 6.48. The van der Waals surface area contributed by atoms with Gasteiger partial charge >= 0.3 is 0 Å². The van der Waals surface area contributed by atoms with Crippen molar-refractivity contribution in [1.82, 2.24) is 5.32 Å². The van der Waals surface area contributed by atoms with Crippen molar-refractivity contribution in [1.29, 1.82) is 0 Å². The van der Waals surface area contributed by atoms with E-state index < -0.39 is 30.2 Å². The second kappa shape index (κ2) is 8.37. The average molecular weight is 375 g/mol. The number of carbonyl (C=O) groups is 1. The predicted molar refractivity (Wildman–Crippen MR) is 96.3 cm³/mol. The maximum Gasteiger partial charge on any atom is 0.251 e. The van der Waals surface area contributed by atoms with Gasteiger partial charge in [-0.1, -0.05) is 12.1 Å². The summed E-state index contributed by atoms with van der Waals surface area (Å²) in [5.41, 5.74) is 0.397. The Bertz CT molecular complexity index is 799. The zero-order valence-corrected chi connectivity index (χ0v) is 14.8. The van der Waals surface area contributed by atoms with E-state index in [1.807, 2.05) is 0 Å². The van der Waals surface area contributed by atoms with Gasteiger partial charge in [-0.25, -0.2) is 4.39 Å². The first-order chi connectivity index (χ1) is 13.0. The Morgan fingerprint density at radius 2 is 1.81 bits per heavy atom. The number of carbonyl (C=O) groups excluding carboxylic acids is 1. The largest absolute Gasteiger partial charge is 0.497 e. The third-order valence-electron chi connectivity index (χ3n) is 4.64. The molecule has 1 amide bonds. The van der Waals surface area contributed by atoms with E-state index >= 15 is 0 Å². The van der Waals surface area contributed by atoms with Gasteiger partial charge in [0.2, 0.25) is 0 Å². The van der Waals surface area contributed by atoms with Gasteiger partial charge in [0.05, 0.1) is 13.2 Å². The summed E-state index contributed by atoms with van der Waals surface area (Å²) in [6, 6.07) is 11.6. The highest BCUT2D eigenvalue weighted by atomic mass is 19.1. The molecule has 0 bridgehead atoms. The number of aliphatic hydroxyl groups excluding tert-OH is 2. The molecule has 1 saturated carbocycles. The molecule has 3 rings (SSSR count). The number of rotatable bonds is 5. The second-order valence-electron chi connectivity index (χ2n) is 6.48. The maximum atomic E-state index is 13.3. The number of amides is 1. The lowest BCUT2D eigenvalue weighted by molar-refractivity contribution is -0.0874. The Morgan fingerprint density at radius 3 is 2.56 bits per heavy atom. The van der Waals surface area contributed by atoms with Crippen LogP contribution in [-0.4, -0.2) is 47.6 Å². The van der Waals surface area contributed by atoms with Gasteiger partial charge in [-0.15, -0.1) is 0 Å². The van der Waals surface area contributed by atoms with E-state index in [9.17, 15) is 19.4 Å². The highest BCUT2D eigenvalue weighted by Crippen LogP contribution is 2.25. The Balaban J connectivity index is 1.62. The molecule has 144 valence electrons. The van der Waals surface area contributed by atoms with E-state index in [2.05, 4.69) is 5.32 Å². The molecule has 7 heteroatoms. The third kappa shape index (κ3) is 4.56. The summed E-state index contributed by atoms with van der Waals surface area (Å²) in [5.74, 6) is 0.0250. The summed E-state index contributed by atoms with van der Waals surface area (Å²) in [5, 5.41) is 23.5. The van der Waals surface area contributed by atoms with Crippen molar-refractivity contribution in [2.45, 2.75) is 37.2 Å². The minimum Gasteiger partial charge on any atom is -0.497 e. The van der Waals surface area contributed by atoms with Gasteiger partial charge < -0.3 is 25.0 Å². The normalized spacial score (nSPS) is 24.9. The summed E-state index contributed by atoms with van der Waals surface area (Å²) in [4.78, 5) is 12.4. The van der Waals surface area contributed by atoms with Crippen molar-refractivity contribution in [3.05, 3.63) is 59.9 Å². The number of hydrogen-bond donors (Lipinski definition) is 3. The molecule has 0 unspecified atom stereocenters. The fourth-order valence-corrected chi connectivity index (χ4v) is 3.16. The van der Waals surface area contributed by atoms with Gasteiger partial charge in [-0.05, 0) is 43.2 Å². The molecule has 2 aromatic rings. The smallest absolute Gasteiger partial charge is 0.251 e. The topological polar surface area (TPSA) is 88.0 Å². The van der Waals surface area contributed by atoms with Crippen LogP contribution in [0.15, 0.2) is 48.5 Å². The molecule has 4 atom stereocenters. The number of hydrogen-bond acceptors (Lipinski definition) is 5. The lowest BCUT2D eigenvalue weighted by Gasteiger charge is -2.37. The van der Waals surface area contributed by atoms with Gasteiger partial charge in [0, 0.05) is 11.6 Å². The van der Waals surface area contributed by atoms with Crippen LogP contribution in [0.4, 0.5) is 4.39 Å². The first-order valence-corrected chi connectivity index (χ1v) is 8.71. The summed E-state index contributed by atoms with van der Waals surface area (Å²) in [6.07, 6.45) is -2.29. The Hall–Kier alpha value is -2.64. The van der Waals surface area contributed by atoms with Crippen LogP contribution in [0.25, 0.3) is 0 Å². The van der Waals surface area contributed by atoms with Crippen LogP contribution in [0.3, 0.4) is 0 Å². The Labute approximate surface area is 156 Å². The maximum absolute atomic E-state index is 13.3. The molecule has 0 heterocycles. The molecular weight excluding hydrogens is 353 g/mol. The number of benzene rings is 2. The fourth-order valence-electron chi connectivity index (χ4n) is 3.16. The van der Waals surface area contributed by atoms with Gasteiger partial charge in [-0.3, -0.25) is 4.79 Å². The van der Waals surface area contributed by atoms with Crippen LogP contribution < -0.4 is 14.8 Å². The highest BCUT2D eigenvalue weighted by molar-refractivity contribution is 5.94. The monoisotopic (exact) mass is 375 g/mol. The molecule has 0 saturated heterocycles. The van der Waals surface area contributed by atoms with E-state index in [1.54, 1.807) is 30.3 Å². The van der Waals surface area contributed by atoms with Crippen molar-refractivity contribution in [3.63, 3.8) is 0 Å². The lowest BCUT2D eigenvalue weighted by atomic mass is 9.87. The Morgan fingerprint density at radius 1 is 1.07 bits per heavy atom. The highest BCUT2D eigenvalue weighted by Gasteiger charge is 2.39. The molecule has 0 aliphatic heterocycles. The molecular formula is C20H22FNO5. The number of halogens is 1. The number of aliphatic hydroxyl groups is 2. The zero-order valence-electron chi connectivity index (χ0n) is 14.8. The SMILES string of the molecule is COc1cccc(C(=O)N[C@@H]2CC[C@@H](Oc3cccc(F)c3)[C@H](O)[C@H]2O)c1. The predicted octanol–water partition coefficient (Wildman–Crippen LogP) is 1.90. The molecule has 3 N–H and O–H groups in total. The molecule has 1 aliphatic rings. The van der Waals surface area contributed by atoms with E-state index in [0.29, 0.717) is 24.2 Å². The van der Waals surface area contributed by atoms with Crippen LogP contribution in [0.2, 0.25) is 0 Å². The minimum absolute atomic E-state index is 0.283. The summed E-state index contributed by atoms with van der Waals surface area (Å²) >= 11 is 0. The van der Waals surface area contributed by atoms with Crippen molar-refractivity contribution in [2.24, 2.45) is 0 Å². The van der Waals surface area contributed by atoms with E-state index in [1.165, 1.54) is 25.3 Å². The van der Waals surface area contributed by atoms with Crippen LogP contribution in [-0.2, 0) is 0 Å².